The number of nitrogen functional groups attached to an aromatic ring is 2. The highest BCUT2D eigenvalue weighted by Gasteiger charge is 2.30. The van der Waals surface area contributed by atoms with Crippen LogP contribution in [-0.4, -0.2) is 105 Å². The van der Waals surface area contributed by atoms with Crippen LogP contribution in [0, 0.1) is 20.2 Å². The van der Waals surface area contributed by atoms with Gasteiger partial charge < -0.3 is 31.1 Å². The van der Waals surface area contributed by atoms with Crippen molar-refractivity contribution in [3.05, 3.63) is 116 Å². The summed E-state index contributed by atoms with van der Waals surface area (Å²) in [6.45, 7) is 5.88. The average Bonchev–Trinajstić information content (AvgIpc) is 3.22. The minimum Gasteiger partial charge on any atom is -0.399 e. The van der Waals surface area contributed by atoms with Gasteiger partial charge in [-0.25, -0.2) is 0 Å². The third kappa shape index (κ3) is 9.59. The molecule has 59 heavy (non-hydrogen) atoms. The average molecular weight is 819 g/mol. The lowest BCUT2D eigenvalue weighted by atomic mass is 9.96. The van der Waals surface area contributed by atoms with Gasteiger partial charge in [0, 0.05) is 89.7 Å². The molecule has 2 fully saturated rings. The molecule has 2 aliphatic heterocycles. The van der Waals surface area contributed by atoms with Crippen LogP contribution < -0.4 is 11.5 Å². The van der Waals surface area contributed by atoms with Crippen LogP contribution in [0.4, 0.5) is 22.7 Å². The SMILES string of the molecule is CC(=O)N1CCN(C(=O)/C=C/c2ccc(Sc3ccc(/C=C/C(=O)N4CCN(C(C)=O)CC4)c(-c4ccc(N)cc4)c3[N+](=O)[O-])c([N+](=O)[O-])c2-c2ccc(N)cc2)CC1. The number of hydrogen-bond donors (Lipinski definition) is 2. The maximum absolute atomic E-state index is 13.2. The summed E-state index contributed by atoms with van der Waals surface area (Å²) < 4.78 is 0. The molecule has 0 saturated carbocycles. The first-order valence-corrected chi connectivity index (χ1v) is 19.5. The zero-order valence-corrected chi connectivity index (χ0v) is 33.2. The van der Waals surface area contributed by atoms with E-state index in [2.05, 4.69) is 0 Å². The van der Waals surface area contributed by atoms with Gasteiger partial charge in [0.15, 0.2) is 0 Å². The number of carbonyl (C=O) groups excluding carboxylic acids is 4. The number of nitrogens with two attached hydrogens (primary N) is 2. The lowest BCUT2D eigenvalue weighted by molar-refractivity contribution is -0.387. The summed E-state index contributed by atoms with van der Waals surface area (Å²) in [5, 5.41) is 26.1. The maximum Gasteiger partial charge on any atom is 0.291 e. The van der Waals surface area contributed by atoms with E-state index in [-0.39, 0.29) is 55.9 Å². The second-order valence-corrected chi connectivity index (χ2v) is 15.0. The Morgan fingerprint density at radius 2 is 0.864 bits per heavy atom. The molecular weight excluding hydrogens is 777 g/mol. The van der Waals surface area contributed by atoms with Crippen LogP contribution >= 0.6 is 11.8 Å². The predicted octanol–water partition coefficient (Wildman–Crippen LogP) is 5.56. The van der Waals surface area contributed by atoms with E-state index in [0.29, 0.717) is 86.0 Å². The van der Waals surface area contributed by atoms with Gasteiger partial charge in [0.05, 0.1) is 30.8 Å². The molecule has 17 heteroatoms. The lowest BCUT2D eigenvalue weighted by Gasteiger charge is -2.33. The van der Waals surface area contributed by atoms with Crippen molar-refractivity contribution in [1.82, 2.24) is 19.6 Å². The number of hydrogen-bond acceptors (Lipinski definition) is 11. The van der Waals surface area contributed by atoms with Gasteiger partial charge in [-0.3, -0.25) is 39.4 Å². The van der Waals surface area contributed by atoms with Gasteiger partial charge in [-0.1, -0.05) is 48.2 Å². The molecule has 2 saturated heterocycles. The number of rotatable bonds is 10. The van der Waals surface area contributed by atoms with Gasteiger partial charge in [0.2, 0.25) is 23.6 Å². The topological polar surface area (TPSA) is 220 Å². The van der Waals surface area contributed by atoms with E-state index in [1.165, 1.54) is 50.3 Å². The summed E-state index contributed by atoms with van der Waals surface area (Å²) in [6.07, 6.45) is 5.67. The molecule has 0 unspecified atom stereocenters. The van der Waals surface area contributed by atoms with Gasteiger partial charge >= 0.3 is 0 Å². The fourth-order valence-electron chi connectivity index (χ4n) is 7.02. The van der Waals surface area contributed by atoms with E-state index < -0.39 is 9.85 Å². The molecule has 4 amide bonds. The number of benzene rings is 4. The standard InChI is InChI=1S/C42H42N8O8S/c1-27(51)45-19-23-47(24-20-45)37(53)17-9-31-7-15-35(41(49(55)56)39(31)29-3-11-33(43)12-4-29)59-36-16-8-32(10-18-38(54)48-25-21-46(22-26-48)28(2)52)40(42(36)50(57)58)30-5-13-34(44)14-6-30/h3-18H,19-26,43-44H2,1-2H3/b17-9+,18-10+. The van der Waals surface area contributed by atoms with E-state index >= 15 is 0 Å². The summed E-state index contributed by atoms with van der Waals surface area (Å²) in [5.41, 5.74) is 14.0. The highest BCUT2D eigenvalue weighted by atomic mass is 32.2. The van der Waals surface area contributed by atoms with Crippen molar-refractivity contribution in [1.29, 1.82) is 0 Å². The van der Waals surface area contributed by atoms with Crippen LogP contribution in [0.25, 0.3) is 34.4 Å². The quantitative estimate of drug-likeness (QED) is 0.0873. The van der Waals surface area contributed by atoms with Crippen molar-refractivity contribution >= 4 is 70.3 Å². The Morgan fingerprint density at radius 1 is 0.542 bits per heavy atom. The fraction of sp³-hybridized carbons (Fsp3) is 0.238. The first-order chi connectivity index (χ1) is 28.2. The van der Waals surface area contributed by atoms with E-state index in [4.69, 9.17) is 11.5 Å². The van der Waals surface area contributed by atoms with Crippen LogP contribution in [0.5, 0.6) is 0 Å². The van der Waals surface area contributed by atoms with E-state index in [0.717, 1.165) is 11.8 Å². The van der Waals surface area contributed by atoms with Crippen molar-refractivity contribution < 1.29 is 29.0 Å². The highest BCUT2D eigenvalue weighted by molar-refractivity contribution is 7.99. The van der Waals surface area contributed by atoms with Gasteiger partial charge in [0.1, 0.15) is 0 Å². The number of anilines is 2. The first-order valence-electron chi connectivity index (χ1n) is 18.7. The molecule has 0 aromatic heterocycles. The second-order valence-electron chi connectivity index (χ2n) is 13.9. The molecule has 2 heterocycles. The molecular formula is C42H42N8O8S. The molecule has 6 rings (SSSR count). The number of nitro benzene ring substituents is 2. The van der Waals surface area contributed by atoms with Crippen molar-refractivity contribution in [3.8, 4) is 22.3 Å². The minimum absolute atomic E-state index is 0.0737. The second kappa shape index (κ2) is 18.1. The molecule has 4 N–H and O–H groups in total. The van der Waals surface area contributed by atoms with E-state index in [9.17, 15) is 39.4 Å². The fourth-order valence-corrected chi connectivity index (χ4v) is 8.08. The Hall–Kier alpha value is -7.01. The zero-order chi connectivity index (χ0) is 42.4. The Bertz CT molecular complexity index is 2200. The van der Waals surface area contributed by atoms with E-state index in [1.54, 1.807) is 80.3 Å². The third-order valence-corrected chi connectivity index (χ3v) is 11.3. The lowest BCUT2D eigenvalue weighted by Crippen LogP contribution is -2.49. The number of amides is 4. The summed E-state index contributed by atoms with van der Waals surface area (Å²) in [6, 6.07) is 19.1. The summed E-state index contributed by atoms with van der Waals surface area (Å²) in [5.74, 6) is -0.796. The molecule has 0 atom stereocenters. The van der Waals surface area contributed by atoms with E-state index in [1.807, 2.05) is 0 Å². The molecule has 4 aromatic carbocycles. The first kappa shape index (κ1) is 41.6. The van der Waals surface area contributed by atoms with Crippen LogP contribution in [0.1, 0.15) is 25.0 Å². The smallest absolute Gasteiger partial charge is 0.291 e. The van der Waals surface area contributed by atoms with Crippen LogP contribution in [0.15, 0.2) is 94.7 Å². The molecule has 0 bridgehead atoms. The Kier molecular flexibility index (Phi) is 12.7. The Morgan fingerprint density at radius 3 is 1.17 bits per heavy atom. The molecule has 0 radical (unpaired) electrons. The van der Waals surface area contributed by atoms with Crippen molar-refractivity contribution in [2.75, 3.05) is 63.8 Å². The number of nitrogens with zero attached hydrogens (tertiary/aromatic N) is 6. The molecule has 304 valence electrons. The van der Waals surface area contributed by atoms with Gasteiger partial charge in [-0.2, -0.15) is 0 Å². The Balaban J connectivity index is 1.41. The Labute approximate surface area is 344 Å². The molecule has 0 aliphatic carbocycles. The number of piperazine rings is 2. The third-order valence-electron chi connectivity index (χ3n) is 10.2. The monoisotopic (exact) mass is 818 g/mol. The normalized spacial score (nSPS) is 14.5. The highest BCUT2D eigenvalue weighted by Crippen LogP contribution is 2.48. The maximum atomic E-state index is 13.2. The van der Waals surface area contributed by atoms with Crippen LogP contribution in [0.3, 0.4) is 0 Å². The van der Waals surface area contributed by atoms with Crippen molar-refractivity contribution in [2.45, 2.75) is 23.6 Å². The largest absolute Gasteiger partial charge is 0.399 e. The summed E-state index contributed by atoms with van der Waals surface area (Å²) >= 11 is 0.842. The van der Waals surface area contributed by atoms with Crippen molar-refractivity contribution in [2.24, 2.45) is 0 Å². The molecule has 2 aliphatic rings. The van der Waals surface area contributed by atoms with Crippen LogP contribution in [-0.2, 0) is 19.2 Å². The molecule has 0 spiro atoms. The zero-order valence-electron chi connectivity index (χ0n) is 32.4. The summed E-state index contributed by atoms with van der Waals surface area (Å²) in [4.78, 5) is 81.7. The minimum atomic E-state index is -0.556. The van der Waals surface area contributed by atoms with Crippen molar-refractivity contribution in [3.63, 3.8) is 0 Å². The van der Waals surface area contributed by atoms with Gasteiger partial charge in [-0.05, 0) is 70.8 Å². The molecule has 16 nitrogen and oxygen atoms in total. The van der Waals surface area contributed by atoms with Crippen LogP contribution in [0.2, 0.25) is 0 Å². The van der Waals surface area contributed by atoms with Gasteiger partial charge in [0.25, 0.3) is 11.4 Å². The van der Waals surface area contributed by atoms with Gasteiger partial charge in [-0.15, -0.1) is 0 Å². The number of carbonyl (C=O) groups is 4. The number of nitro groups is 2. The summed E-state index contributed by atoms with van der Waals surface area (Å²) in [7, 11) is 0. The predicted molar refractivity (Wildman–Crippen MR) is 226 cm³/mol. The molecule has 4 aromatic rings.